The minimum atomic E-state index is -0.00990. The first kappa shape index (κ1) is 14.3. The molecule has 3 nitrogen and oxygen atoms in total. The third-order valence-electron chi connectivity index (χ3n) is 3.55. The van der Waals surface area contributed by atoms with Gasteiger partial charge in [-0.2, -0.15) is 5.26 Å². The summed E-state index contributed by atoms with van der Waals surface area (Å²) < 4.78 is 3.17. The van der Waals surface area contributed by atoms with Crippen molar-refractivity contribution in [1.82, 2.24) is 4.57 Å². The fourth-order valence-electron chi connectivity index (χ4n) is 2.44. The van der Waals surface area contributed by atoms with E-state index in [4.69, 9.17) is 5.26 Å². The highest BCUT2D eigenvalue weighted by Crippen LogP contribution is 2.14. The van der Waals surface area contributed by atoms with Gasteiger partial charge in [0.15, 0.2) is 0 Å². The quantitative estimate of drug-likeness (QED) is 0.853. The predicted molar refractivity (Wildman–Crippen MR) is 90.0 cm³/mol. The van der Waals surface area contributed by atoms with E-state index in [1.807, 2.05) is 36.4 Å². The topological polar surface area (TPSA) is 45.8 Å². The van der Waals surface area contributed by atoms with Crippen LogP contribution in [0.2, 0.25) is 0 Å². The summed E-state index contributed by atoms with van der Waals surface area (Å²) in [6, 6.07) is 9.31. The highest BCUT2D eigenvalue weighted by atomic mass is 32.1. The lowest BCUT2D eigenvalue weighted by atomic mass is 10.1. The van der Waals surface area contributed by atoms with E-state index in [1.54, 1.807) is 16.7 Å². The molecule has 2 aromatic rings. The lowest BCUT2D eigenvalue weighted by Gasteiger charge is -2.13. The van der Waals surface area contributed by atoms with Gasteiger partial charge in [-0.15, -0.1) is 11.3 Å². The number of benzene rings is 1. The minimum absolute atomic E-state index is 0.00990. The average Bonchev–Trinajstić information content (AvgIpc) is 2.83. The third-order valence-corrected chi connectivity index (χ3v) is 4.50. The van der Waals surface area contributed by atoms with Crippen LogP contribution in [-0.4, -0.2) is 4.57 Å². The maximum atomic E-state index is 12.6. The smallest absolute Gasteiger partial charge is 0.269 e. The van der Waals surface area contributed by atoms with Gasteiger partial charge in [-0.3, -0.25) is 9.36 Å². The molecule has 1 unspecified atom stereocenters. The first-order valence-electron chi connectivity index (χ1n) is 6.94. The molecular weight excluding hydrogens is 292 g/mol. The molecule has 0 amide bonds. The molecule has 4 heteroatoms. The molecule has 0 spiro atoms. The van der Waals surface area contributed by atoms with Crippen LogP contribution < -0.4 is 14.8 Å². The van der Waals surface area contributed by atoms with Crippen molar-refractivity contribution >= 4 is 24.0 Å². The molecule has 1 atom stereocenters. The summed E-state index contributed by atoms with van der Waals surface area (Å²) in [6.45, 7) is 4.01. The van der Waals surface area contributed by atoms with Crippen molar-refractivity contribution in [2.75, 3.05) is 0 Å². The second-order valence-corrected chi connectivity index (χ2v) is 6.14. The van der Waals surface area contributed by atoms with Gasteiger partial charge in [0.25, 0.3) is 5.56 Å². The molecule has 1 heterocycles. The largest absolute Gasteiger partial charge is 0.292 e. The van der Waals surface area contributed by atoms with Gasteiger partial charge < -0.3 is 0 Å². The van der Waals surface area contributed by atoms with E-state index >= 15 is 0 Å². The number of aromatic nitrogens is 1. The maximum Gasteiger partial charge on any atom is 0.269 e. The highest BCUT2D eigenvalue weighted by Gasteiger charge is 2.12. The van der Waals surface area contributed by atoms with E-state index in [1.165, 1.54) is 11.3 Å². The molecule has 0 radical (unpaired) electrons. The van der Waals surface area contributed by atoms with Crippen LogP contribution in [0.3, 0.4) is 0 Å². The summed E-state index contributed by atoms with van der Waals surface area (Å²) >= 11 is 1.40. The van der Waals surface area contributed by atoms with Crippen LogP contribution in [0.1, 0.15) is 23.6 Å². The van der Waals surface area contributed by atoms with Crippen molar-refractivity contribution in [1.29, 1.82) is 5.26 Å². The van der Waals surface area contributed by atoms with Gasteiger partial charge in [-0.25, -0.2) is 0 Å². The van der Waals surface area contributed by atoms with Gasteiger partial charge >= 0.3 is 0 Å². The highest BCUT2D eigenvalue weighted by molar-refractivity contribution is 7.07. The number of thiazole rings is 1. The Morgan fingerprint density at radius 1 is 1.32 bits per heavy atom. The van der Waals surface area contributed by atoms with E-state index in [-0.39, 0.29) is 11.6 Å². The zero-order chi connectivity index (χ0) is 15.5. The fraction of sp³-hybridized carbons (Fsp3) is 0.111. The maximum absolute atomic E-state index is 12.6. The van der Waals surface area contributed by atoms with Crippen LogP contribution in [0, 0.1) is 11.3 Å². The first-order chi connectivity index (χ1) is 10.7. The number of hydrogen-bond donors (Lipinski definition) is 0. The average molecular weight is 306 g/mol. The van der Waals surface area contributed by atoms with Crippen LogP contribution in [0.4, 0.5) is 0 Å². The molecule has 1 aliphatic rings. The Morgan fingerprint density at radius 2 is 2.09 bits per heavy atom. The molecular formula is C18H14N2OS. The zero-order valence-corrected chi connectivity index (χ0v) is 12.7. The molecule has 108 valence electrons. The Hall–Kier alpha value is -2.64. The van der Waals surface area contributed by atoms with E-state index < -0.39 is 0 Å². The lowest BCUT2D eigenvalue weighted by Crippen LogP contribution is -2.33. The van der Waals surface area contributed by atoms with Crippen LogP contribution in [-0.2, 0) is 0 Å². The molecule has 0 fully saturated rings. The van der Waals surface area contributed by atoms with Crippen molar-refractivity contribution in [2.45, 2.75) is 12.5 Å². The normalized spacial score (nSPS) is 17.6. The lowest BCUT2D eigenvalue weighted by molar-refractivity contribution is 0.583. The molecule has 3 rings (SSSR count). The number of nitrogens with zero attached hydrogens (tertiary/aromatic N) is 2. The fourth-order valence-corrected chi connectivity index (χ4v) is 3.39. The molecule has 0 bridgehead atoms. The summed E-state index contributed by atoms with van der Waals surface area (Å²) in [6.07, 6.45) is 10.7. The Morgan fingerprint density at radius 3 is 2.73 bits per heavy atom. The summed E-state index contributed by atoms with van der Waals surface area (Å²) in [5.74, 6) is 0. The van der Waals surface area contributed by atoms with E-state index in [2.05, 4.69) is 18.7 Å². The van der Waals surface area contributed by atoms with Crippen molar-refractivity contribution in [3.05, 3.63) is 79.2 Å². The Kier molecular flexibility index (Phi) is 3.90. The molecule has 22 heavy (non-hydrogen) atoms. The van der Waals surface area contributed by atoms with Gasteiger partial charge in [0, 0.05) is 0 Å². The van der Waals surface area contributed by atoms with Gasteiger partial charge in [-0.1, -0.05) is 43.0 Å². The molecule has 0 saturated carbocycles. The molecule has 1 aliphatic carbocycles. The van der Waals surface area contributed by atoms with Crippen molar-refractivity contribution in [3.63, 3.8) is 0 Å². The Balaban J connectivity index is 2.05. The van der Waals surface area contributed by atoms with Gasteiger partial charge in [-0.05, 0) is 30.2 Å². The zero-order valence-electron chi connectivity index (χ0n) is 11.9. The Bertz CT molecular complexity index is 952. The summed E-state index contributed by atoms with van der Waals surface area (Å²) in [5.41, 5.74) is 1.51. The van der Waals surface area contributed by atoms with Crippen LogP contribution in [0.25, 0.3) is 12.7 Å². The van der Waals surface area contributed by atoms with Gasteiger partial charge in [0.05, 0.1) is 26.9 Å². The SMILES string of the molecule is C=c1s/c(=C/c2ccc(C#N)cc2)c(=O)n1C1C=CC=CC1. The van der Waals surface area contributed by atoms with E-state index in [0.29, 0.717) is 10.1 Å². The van der Waals surface area contributed by atoms with Crippen molar-refractivity contribution in [2.24, 2.45) is 0 Å². The van der Waals surface area contributed by atoms with E-state index in [9.17, 15) is 4.79 Å². The summed E-state index contributed by atoms with van der Waals surface area (Å²) in [5, 5.41) is 8.81. The molecule has 0 N–H and O–H groups in total. The number of hydrogen-bond acceptors (Lipinski definition) is 3. The first-order valence-corrected chi connectivity index (χ1v) is 7.76. The van der Waals surface area contributed by atoms with Crippen LogP contribution in [0.15, 0.2) is 53.4 Å². The minimum Gasteiger partial charge on any atom is -0.292 e. The second kappa shape index (κ2) is 6.00. The van der Waals surface area contributed by atoms with Crippen LogP contribution >= 0.6 is 11.3 Å². The van der Waals surface area contributed by atoms with Gasteiger partial charge in [0.1, 0.15) is 0 Å². The summed E-state index contributed by atoms with van der Waals surface area (Å²) in [7, 11) is 0. The molecule has 0 saturated heterocycles. The number of nitriles is 1. The van der Waals surface area contributed by atoms with Gasteiger partial charge in [0.2, 0.25) is 0 Å². The third kappa shape index (κ3) is 2.72. The van der Waals surface area contributed by atoms with Crippen molar-refractivity contribution in [3.8, 4) is 6.07 Å². The van der Waals surface area contributed by atoms with Crippen molar-refractivity contribution < 1.29 is 0 Å². The summed E-state index contributed by atoms with van der Waals surface area (Å²) in [4.78, 5) is 12.6. The predicted octanol–water partition coefficient (Wildman–Crippen LogP) is 2.08. The molecule has 1 aromatic carbocycles. The standard InChI is InChI=1S/C18H14N2OS/c1-13-20(16-5-3-2-4-6-16)18(21)17(22-13)11-14-7-9-15(12-19)10-8-14/h2-5,7-11,16H,1,6H2/b17-11+. The number of allylic oxidation sites excluding steroid dienone is 4. The van der Waals surface area contributed by atoms with Crippen LogP contribution in [0.5, 0.6) is 0 Å². The molecule has 1 aromatic heterocycles. The monoisotopic (exact) mass is 306 g/mol. The Labute approximate surface area is 132 Å². The second-order valence-electron chi connectivity index (χ2n) is 5.03. The molecule has 0 aliphatic heterocycles. The number of rotatable bonds is 2. The van der Waals surface area contributed by atoms with E-state index in [0.717, 1.165) is 16.6 Å².